The summed E-state index contributed by atoms with van der Waals surface area (Å²) >= 11 is 6.42. The molecular formula is C18H16ClN. The minimum absolute atomic E-state index is 0.788. The molecule has 0 bridgehead atoms. The Bertz CT molecular complexity index is 735. The number of rotatable bonds is 3. The number of aryl methyl sites for hydroxylation is 1. The summed E-state index contributed by atoms with van der Waals surface area (Å²) in [6.45, 7) is 2.15. The molecule has 0 aliphatic rings. The van der Waals surface area contributed by atoms with Crippen molar-refractivity contribution in [1.29, 1.82) is 0 Å². The van der Waals surface area contributed by atoms with Crippen LogP contribution in [0, 0.1) is 0 Å². The van der Waals surface area contributed by atoms with Gasteiger partial charge >= 0.3 is 0 Å². The maximum atomic E-state index is 6.42. The Morgan fingerprint density at radius 2 is 1.75 bits per heavy atom. The van der Waals surface area contributed by atoms with E-state index in [0.717, 1.165) is 34.5 Å². The van der Waals surface area contributed by atoms with Crippen molar-refractivity contribution in [1.82, 2.24) is 4.98 Å². The van der Waals surface area contributed by atoms with E-state index >= 15 is 0 Å². The van der Waals surface area contributed by atoms with E-state index in [2.05, 4.69) is 42.2 Å². The second kappa shape index (κ2) is 5.64. The van der Waals surface area contributed by atoms with E-state index in [-0.39, 0.29) is 0 Å². The summed E-state index contributed by atoms with van der Waals surface area (Å²) in [6, 6.07) is 18.6. The highest BCUT2D eigenvalue weighted by Gasteiger charge is 2.06. The van der Waals surface area contributed by atoms with Gasteiger partial charge in [-0.15, -0.1) is 0 Å². The van der Waals surface area contributed by atoms with Crippen LogP contribution in [0.15, 0.2) is 54.6 Å². The summed E-state index contributed by atoms with van der Waals surface area (Å²) in [5, 5.41) is 1.81. The Kier molecular flexibility index (Phi) is 3.70. The molecule has 0 amide bonds. The predicted molar refractivity (Wildman–Crippen MR) is 86.2 cm³/mol. The minimum Gasteiger partial charge on any atom is -0.253 e. The summed E-state index contributed by atoms with van der Waals surface area (Å²) in [7, 11) is 0. The van der Waals surface area contributed by atoms with E-state index in [9.17, 15) is 0 Å². The predicted octanol–water partition coefficient (Wildman–Crippen LogP) is 5.51. The van der Waals surface area contributed by atoms with E-state index in [0.29, 0.717) is 0 Å². The van der Waals surface area contributed by atoms with Gasteiger partial charge in [0.15, 0.2) is 0 Å². The third-order valence-electron chi connectivity index (χ3n) is 3.42. The van der Waals surface area contributed by atoms with Gasteiger partial charge in [0, 0.05) is 11.1 Å². The third kappa shape index (κ3) is 2.54. The van der Waals surface area contributed by atoms with E-state index < -0.39 is 0 Å². The first-order valence-corrected chi connectivity index (χ1v) is 7.30. The number of fused-ring (bicyclic) bond motifs is 1. The first-order valence-electron chi connectivity index (χ1n) is 6.92. The fraction of sp³-hybridized carbons (Fsp3) is 0.167. The number of halogens is 1. The monoisotopic (exact) mass is 281 g/mol. The van der Waals surface area contributed by atoms with Crippen LogP contribution in [0.1, 0.15) is 19.0 Å². The zero-order chi connectivity index (χ0) is 13.9. The van der Waals surface area contributed by atoms with Crippen LogP contribution in [0.2, 0.25) is 5.02 Å². The number of aromatic nitrogens is 1. The van der Waals surface area contributed by atoms with Crippen molar-refractivity contribution in [3.63, 3.8) is 0 Å². The molecule has 1 heterocycles. The maximum absolute atomic E-state index is 6.42. The van der Waals surface area contributed by atoms with Crippen LogP contribution in [-0.2, 0) is 6.42 Å². The number of hydrogen-bond acceptors (Lipinski definition) is 1. The second-order valence-electron chi connectivity index (χ2n) is 4.94. The van der Waals surface area contributed by atoms with Crippen molar-refractivity contribution in [3.8, 4) is 11.1 Å². The quantitative estimate of drug-likeness (QED) is 0.617. The number of nitrogens with zero attached hydrogens (tertiary/aromatic N) is 1. The molecule has 1 aromatic heterocycles. The second-order valence-corrected chi connectivity index (χ2v) is 5.35. The molecule has 0 spiro atoms. The van der Waals surface area contributed by atoms with Crippen LogP contribution < -0.4 is 0 Å². The Balaban J connectivity index is 2.12. The van der Waals surface area contributed by atoms with Crippen molar-refractivity contribution < 1.29 is 0 Å². The van der Waals surface area contributed by atoms with Gasteiger partial charge in [-0.3, -0.25) is 4.98 Å². The summed E-state index contributed by atoms with van der Waals surface area (Å²) in [5.41, 5.74) is 4.41. The molecule has 2 heteroatoms. The minimum atomic E-state index is 0.788. The molecule has 0 aliphatic carbocycles. The lowest BCUT2D eigenvalue weighted by atomic mass is 10.0. The van der Waals surface area contributed by atoms with Gasteiger partial charge in [0.1, 0.15) is 0 Å². The summed E-state index contributed by atoms with van der Waals surface area (Å²) < 4.78 is 0. The van der Waals surface area contributed by atoms with Crippen LogP contribution in [0.25, 0.3) is 22.0 Å². The van der Waals surface area contributed by atoms with Crippen LogP contribution in [0.4, 0.5) is 0 Å². The van der Waals surface area contributed by atoms with E-state index in [1.54, 1.807) is 0 Å². The van der Waals surface area contributed by atoms with Gasteiger partial charge in [-0.2, -0.15) is 0 Å². The fourth-order valence-corrected chi connectivity index (χ4v) is 2.71. The summed E-state index contributed by atoms with van der Waals surface area (Å²) in [4.78, 5) is 4.68. The van der Waals surface area contributed by atoms with Crippen LogP contribution in [-0.4, -0.2) is 4.98 Å². The Labute approximate surface area is 124 Å². The molecule has 2 aromatic carbocycles. The SMILES string of the molecule is CCCc1cc(Cl)c2cc(-c3ccccc3)ccc2n1. The smallest absolute Gasteiger partial charge is 0.0720 e. The molecule has 0 N–H and O–H groups in total. The molecule has 0 radical (unpaired) electrons. The molecule has 0 saturated carbocycles. The lowest BCUT2D eigenvalue weighted by molar-refractivity contribution is 0.890. The van der Waals surface area contributed by atoms with Crippen LogP contribution in [0.3, 0.4) is 0 Å². The Morgan fingerprint density at radius 1 is 0.950 bits per heavy atom. The number of pyridine rings is 1. The Hall–Kier alpha value is -1.86. The molecule has 1 nitrogen and oxygen atoms in total. The molecule has 0 unspecified atom stereocenters. The normalized spacial score (nSPS) is 10.9. The van der Waals surface area contributed by atoms with Gasteiger partial charge in [-0.05, 0) is 35.7 Å². The molecule has 0 aliphatic heterocycles. The molecule has 0 saturated heterocycles. The molecule has 3 rings (SSSR count). The molecule has 3 aromatic rings. The van der Waals surface area contributed by atoms with Crippen molar-refractivity contribution in [2.24, 2.45) is 0 Å². The topological polar surface area (TPSA) is 12.9 Å². The highest BCUT2D eigenvalue weighted by Crippen LogP contribution is 2.28. The van der Waals surface area contributed by atoms with Gasteiger partial charge in [-0.1, -0.05) is 61.3 Å². The highest BCUT2D eigenvalue weighted by atomic mass is 35.5. The maximum Gasteiger partial charge on any atom is 0.0720 e. The van der Waals surface area contributed by atoms with Crippen LogP contribution in [0.5, 0.6) is 0 Å². The third-order valence-corrected chi connectivity index (χ3v) is 3.74. The average molecular weight is 282 g/mol. The summed E-state index contributed by atoms with van der Waals surface area (Å²) in [6.07, 6.45) is 2.05. The van der Waals surface area contributed by atoms with Gasteiger partial charge in [-0.25, -0.2) is 0 Å². The number of benzene rings is 2. The zero-order valence-corrected chi connectivity index (χ0v) is 12.2. The molecule has 100 valence electrons. The molecule has 20 heavy (non-hydrogen) atoms. The molecular weight excluding hydrogens is 266 g/mol. The lowest BCUT2D eigenvalue weighted by Crippen LogP contribution is -1.91. The molecule has 0 atom stereocenters. The number of hydrogen-bond donors (Lipinski definition) is 0. The van der Waals surface area contributed by atoms with Gasteiger partial charge in [0.05, 0.1) is 10.5 Å². The lowest BCUT2D eigenvalue weighted by Gasteiger charge is -2.07. The van der Waals surface area contributed by atoms with Gasteiger partial charge in [0.25, 0.3) is 0 Å². The van der Waals surface area contributed by atoms with Crippen molar-refractivity contribution in [2.75, 3.05) is 0 Å². The first-order chi connectivity index (χ1) is 9.78. The van der Waals surface area contributed by atoms with Crippen molar-refractivity contribution in [2.45, 2.75) is 19.8 Å². The van der Waals surface area contributed by atoms with Gasteiger partial charge < -0.3 is 0 Å². The zero-order valence-electron chi connectivity index (χ0n) is 11.4. The standard InChI is InChI=1S/C18H16ClN/c1-2-6-15-12-17(19)16-11-14(9-10-18(16)20-15)13-7-4-3-5-8-13/h3-5,7-12H,2,6H2,1H3. The first kappa shape index (κ1) is 13.1. The fourth-order valence-electron chi connectivity index (χ4n) is 2.43. The largest absolute Gasteiger partial charge is 0.253 e. The molecule has 0 fully saturated rings. The Morgan fingerprint density at radius 3 is 2.50 bits per heavy atom. The van der Waals surface area contributed by atoms with Gasteiger partial charge in [0.2, 0.25) is 0 Å². The van der Waals surface area contributed by atoms with E-state index in [4.69, 9.17) is 11.6 Å². The van der Waals surface area contributed by atoms with E-state index in [1.165, 1.54) is 11.1 Å². The van der Waals surface area contributed by atoms with E-state index in [1.807, 2.05) is 24.3 Å². The average Bonchev–Trinajstić information content (AvgIpc) is 2.48. The van der Waals surface area contributed by atoms with Crippen molar-refractivity contribution in [3.05, 3.63) is 65.3 Å². The highest BCUT2D eigenvalue weighted by molar-refractivity contribution is 6.35. The van der Waals surface area contributed by atoms with Crippen LogP contribution >= 0.6 is 11.6 Å². The van der Waals surface area contributed by atoms with Crippen molar-refractivity contribution >= 4 is 22.5 Å². The summed E-state index contributed by atoms with van der Waals surface area (Å²) in [5.74, 6) is 0.